The van der Waals surface area contributed by atoms with Gasteiger partial charge in [-0.1, -0.05) is 5.92 Å². The summed E-state index contributed by atoms with van der Waals surface area (Å²) in [5.74, 6) is 0.733. The molecule has 0 amide bonds. The maximum absolute atomic E-state index is 13.6. The molecule has 0 atom stereocenters. The second-order valence-corrected chi connectivity index (χ2v) is 6.43. The molecule has 1 saturated carbocycles. The van der Waals surface area contributed by atoms with Crippen LogP contribution in [-0.4, -0.2) is 25.8 Å². The van der Waals surface area contributed by atoms with Crippen molar-refractivity contribution in [3.05, 3.63) is 29.8 Å². The molecule has 3 nitrogen and oxygen atoms in total. The zero-order chi connectivity index (χ0) is 14.0. The number of rotatable bonds is 5. The maximum Gasteiger partial charge on any atom is 0.246 e. The van der Waals surface area contributed by atoms with Crippen LogP contribution in [0.15, 0.2) is 23.1 Å². The molecule has 0 spiro atoms. The molecule has 2 rings (SSSR count). The van der Waals surface area contributed by atoms with Gasteiger partial charge in [-0.05, 0) is 37.0 Å². The highest BCUT2D eigenvalue weighted by Gasteiger charge is 2.32. The fraction of sp³-hybridized carbons (Fsp3) is 0.385. The van der Waals surface area contributed by atoms with Gasteiger partial charge in [0.1, 0.15) is 16.5 Å². The number of hydrogen-bond acceptors (Lipinski definition) is 2. The van der Waals surface area contributed by atoms with E-state index in [1.807, 2.05) is 0 Å². The van der Waals surface area contributed by atoms with Crippen molar-refractivity contribution in [3.8, 4) is 12.3 Å². The van der Waals surface area contributed by atoms with Crippen molar-refractivity contribution in [3.63, 3.8) is 0 Å². The summed E-state index contributed by atoms with van der Waals surface area (Å²) in [6.45, 7) is 0.108. The van der Waals surface area contributed by atoms with Crippen LogP contribution in [0.25, 0.3) is 0 Å². The lowest BCUT2D eigenvalue weighted by Crippen LogP contribution is -2.34. The van der Waals surface area contributed by atoms with E-state index >= 15 is 0 Å². The summed E-state index contributed by atoms with van der Waals surface area (Å²) in [4.78, 5) is -0.664. The first-order valence-electron chi connectivity index (χ1n) is 5.84. The van der Waals surface area contributed by atoms with Crippen LogP contribution in [0.2, 0.25) is 0 Å². The Morgan fingerprint density at radius 1 is 1.37 bits per heavy atom. The van der Waals surface area contributed by atoms with Gasteiger partial charge in [0, 0.05) is 6.54 Å². The van der Waals surface area contributed by atoms with Gasteiger partial charge < -0.3 is 0 Å². The van der Waals surface area contributed by atoms with Crippen LogP contribution in [0.5, 0.6) is 0 Å². The van der Waals surface area contributed by atoms with Gasteiger partial charge in [0.25, 0.3) is 0 Å². The molecule has 0 unspecified atom stereocenters. The van der Waals surface area contributed by atoms with Crippen LogP contribution in [0.4, 0.5) is 8.78 Å². The van der Waals surface area contributed by atoms with Gasteiger partial charge >= 0.3 is 0 Å². The third-order valence-electron chi connectivity index (χ3n) is 2.94. The Morgan fingerprint density at radius 2 is 2.05 bits per heavy atom. The summed E-state index contributed by atoms with van der Waals surface area (Å²) in [7, 11) is -4.10. The van der Waals surface area contributed by atoms with E-state index in [1.165, 1.54) is 0 Å². The number of sulfonamides is 1. The smallest absolute Gasteiger partial charge is 0.207 e. The fourth-order valence-electron chi connectivity index (χ4n) is 1.75. The Bertz CT molecular complexity index is 618. The van der Waals surface area contributed by atoms with E-state index in [2.05, 4.69) is 5.92 Å². The Labute approximate surface area is 111 Å². The number of nitrogens with zero attached hydrogens (tertiary/aromatic N) is 1. The second kappa shape index (κ2) is 5.27. The van der Waals surface area contributed by atoms with Crippen LogP contribution >= 0.6 is 0 Å². The molecule has 1 aromatic rings. The molecule has 1 aliphatic rings. The normalized spacial score (nSPS) is 15.5. The zero-order valence-corrected chi connectivity index (χ0v) is 11.0. The molecule has 1 aliphatic carbocycles. The molecule has 0 saturated heterocycles. The first-order chi connectivity index (χ1) is 8.95. The van der Waals surface area contributed by atoms with Gasteiger partial charge in [0.15, 0.2) is 0 Å². The lowest BCUT2D eigenvalue weighted by atomic mass is 10.3. The molecule has 1 aromatic carbocycles. The SMILES string of the molecule is C#CCN(CC1CC1)S(=O)(=O)c1cc(F)ccc1F. The second-order valence-electron chi connectivity index (χ2n) is 4.52. The van der Waals surface area contributed by atoms with E-state index in [1.54, 1.807) is 0 Å². The molecule has 0 N–H and O–H groups in total. The average Bonchev–Trinajstić information content (AvgIpc) is 3.15. The predicted octanol–water partition coefficient (Wildman–Crippen LogP) is 2.00. The lowest BCUT2D eigenvalue weighted by Gasteiger charge is -2.20. The maximum atomic E-state index is 13.6. The summed E-state index contributed by atoms with van der Waals surface area (Å²) in [5.41, 5.74) is 0. The van der Waals surface area contributed by atoms with E-state index in [9.17, 15) is 17.2 Å². The van der Waals surface area contributed by atoms with Crippen molar-refractivity contribution >= 4 is 10.0 Å². The quantitative estimate of drug-likeness (QED) is 0.776. The van der Waals surface area contributed by atoms with Gasteiger partial charge in [0.2, 0.25) is 10.0 Å². The van der Waals surface area contributed by atoms with E-state index < -0.39 is 26.6 Å². The van der Waals surface area contributed by atoms with E-state index in [4.69, 9.17) is 6.42 Å². The third kappa shape index (κ3) is 3.11. The average molecular weight is 285 g/mol. The Morgan fingerprint density at radius 3 is 2.63 bits per heavy atom. The first-order valence-corrected chi connectivity index (χ1v) is 7.28. The number of hydrogen-bond donors (Lipinski definition) is 0. The van der Waals surface area contributed by atoms with Crippen LogP contribution < -0.4 is 0 Å². The molecule has 102 valence electrons. The van der Waals surface area contributed by atoms with Gasteiger partial charge in [-0.2, -0.15) is 4.31 Å². The standard InChI is InChI=1S/C13H13F2NO2S/c1-2-7-16(9-10-3-4-10)19(17,18)13-8-11(14)5-6-12(13)15/h1,5-6,8,10H,3-4,7,9H2. The van der Waals surface area contributed by atoms with Crippen molar-refractivity contribution in [1.29, 1.82) is 0 Å². The minimum absolute atomic E-state index is 0.144. The first kappa shape index (κ1) is 14.0. The van der Waals surface area contributed by atoms with Crippen molar-refractivity contribution < 1.29 is 17.2 Å². The van der Waals surface area contributed by atoms with E-state index in [0.717, 1.165) is 29.3 Å². The molecular formula is C13H13F2NO2S. The largest absolute Gasteiger partial charge is 0.246 e. The highest BCUT2D eigenvalue weighted by Crippen LogP contribution is 2.32. The summed E-state index contributed by atoms with van der Waals surface area (Å²) >= 11 is 0. The minimum atomic E-state index is -4.10. The van der Waals surface area contributed by atoms with Gasteiger partial charge in [-0.15, -0.1) is 6.42 Å². The van der Waals surface area contributed by atoms with Crippen molar-refractivity contribution in [2.75, 3.05) is 13.1 Å². The van der Waals surface area contributed by atoms with Crippen molar-refractivity contribution in [1.82, 2.24) is 4.31 Å². The van der Waals surface area contributed by atoms with Crippen molar-refractivity contribution in [2.45, 2.75) is 17.7 Å². The van der Waals surface area contributed by atoms with Gasteiger partial charge in [0.05, 0.1) is 6.54 Å². The van der Waals surface area contributed by atoms with Crippen LogP contribution in [0.3, 0.4) is 0 Å². The van der Waals surface area contributed by atoms with E-state index in [-0.39, 0.29) is 19.0 Å². The van der Waals surface area contributed by atoms with E-state index in [0.29, 0.717) is 6.07 Å². The Hall–Kier alpha value is -1.45. The van der Waals surface area contributed by atoms with Gasteiger partial charge in [-0.25, -0.2) is 17.2 Å². The topological polar surface area (TPSA) is 37.4 Å². The summed E-state index contributed by atoms with van der Waals surface area (Å²) in [6, 6.07) is 2.36. The molecule has 0 bridgehead atoms. The van der Waals surface area contributed by atoms with Crippen molar-refractivity contribution in [2.24, 2.45) is 5.92 Å². The lowest BCUT2D eigenvalue weighted by molar-refractivity contribution is 0.425. The summed E-state index contributed by atoms with van der Waals surface area (Å²) in [5, 5.41) is 0. The highest BCUT2D eigenvalue weighted by molar-refractivity contribution is 7.89. The molecule has 0 heterocycles. The Kier molecular flexibility index (Phi) is 3.88. The Balaban J connectivity index is 2.37. The third-order valence-corrected chi connectivity index (χ3v) is 4.76. The van der Waals surface area contributed by atoms with Crippen LogP contribution in [0.1, 0.15) is 12.8 Å². The molecule has 0 aromatic heterocycles. The number of benzene rings is 1. The summed E-state index contributed by atoms with van der Waals surface area (Å²) in [6.07, 6.45) is 7.01. The molecule has 0 radical (unpaired) electrons. The van der Waals surface area contributed by atoms with Crippen LogP contribution in [0, 0.1) is 29.9 Å². The molecular weight excluding hydrogens is 272 g/mol. The summed E-state index contributed by atoms with van der Waals surface area (Å²) < 4.78 is 52.3. The van der Waals surface area contributed by atoms with Gasteiger partial charge in [-0.3, -0.25) is 0 Å². The molecule has 1 fully saturated rings. The highest BCUT2D eigenvalue weighted by atomic mass is 32.2. The fourth-order valence-corrected chi connectivity index (χ4v) is 3.26. The molecule has 19 heavy (non-hydrogen) atoms. The predicted molar refractivity (Wildman–Crippen MR) is 66.7 cm³/mol. The minimum Gasteiger partial charge on any atom is -0.207 e. The van der Waals surface area contributed by atoms with Crippen LogP contribution in [-0.2, 0) is 10.0 Å². The monoisotopic (exact) mass is 285 g/mol. The number of halogens is 2. The molecule has 0 aliphatic heterocycles. The number of terminal acetylenes is 1. The zero-order valence-electron chi connectivity index (χ0n) is 10.1. The molecule has 6 heteroatoms.